The predicted molar refractivity (Wildman–Crippen MR) is 343 cm³/mol. The third-order valence-corrected chi connectivity index (χ3v) is 12.7. The molecule has 0 radical (unpaired) electrons. The Morgan fingerprint density at radius 3 is 0.797 bits per heavy atom. The lowest BCUT2D eigenvalue weighted by Crippen LogP contribution is -2.30. The first-order chi connectivity index (χ1) is 39.0. The molecule has 0 amide bonds. The first-order valence-electron chi connectivity index (χ1n) is 31.6. The molecule has 442 valence electrons. The molecule has 0 aliphatic rings. The highest BCUT2D eigenvalue weighted by Crippen LogP contribution is 2.13. The van der Waals surface area contributed by atoms with E-state index in [-0.39, 0.29) is 31.1 Å². The van der Waals surface area contributed by atoms with Crippen LogP contribution in [0.15, 0.2) is 170 Å². The van der Waals surface area contributed by atoms with Crippen molar-refractivity contribution in [3.8, 4) is 0 Å². The number of ether oxygens (including phenoxy) is 3. The molecule has 0 aromatic carbocycles. The Bertz CT molecular complexity index is 1820. The van der Waals surface area contributed by atoms with Crippen molar-refractivity contribution in [1.82, 2.24) is 0 Å². The molecule has 0 aromatic rings. The molecule has 0 saturated heterocycles. The van der Waals surface area contributed by atoms with Gasteiger partial charge in [-0.1, -0.05) is 255 Å². The van der Waals surface area contributed by atoms with Gasteiger partial charge in [0.1, 0.15) is 13.2 Å². The summed E-state index contributed by atoms with van der Waals surface area (Å²) in [6, 6.07) is 0. The molecule has 0 bridgehead atoms. The Hall–Kier alpha value is -5.23. The Morgan fingerprint density at radius 1 is 0.266 bits per heavy atom. The van der Waals surface area contributed by atoms with Crippen molar-refractivity contribution < 1.29 is 28.6 Å². The van der Waals surface area contributed by atoms with Crippen LogP contribution >= 0.6 is 0 Å². The minimum absolute atomic E-state index is 0.107. The maximum atomic E-state index is 12.9. The van der Waals surface area contributed by atoms with E-state index in [1.54, 1.807) is 0 Å². The van der Waals surface area contributed by atoms with Gasteiger partial charge in [0, 0.05) is 19.3 Å². The van der Waals surface area contributed by atoms with Crippen LogP contribution in [0.2, 0.25) is 0 Å². The summed E-state index contributed by atoms with van der Waals surface area (Å²) >= 11 is 0. The van der Waals surface area contributed by atoms with Gasteiger partial charge in [-0.25, -0.2) is 0 Å². The molecule has 0 aromatic heterocycles. The molecule has 1 unspecified atom stereocenters. The summed E-state index contributed by atoms with van der Waals surface area (Å²) in [5.41, 5.74) is 0. The van der Waals surface area contributed by atoms with Gasteiger partial charge in [0.25, 0.3) is 0 Å². The molecular formula is C73H114O6. The van der Waals surface area contributed by atoms with Gasteiger partial charge in [0.15, 0.2) is 6.10 Å². The van der Waals surface area contributed by atoms with E-state index in [4.69, 9.17) is 14.2 Å². The first kappa shape index (κ1) is 73.8. The second-order valence-electron chi connectivity index (χ2n) is 20.2. The fourth-order valence-corrected chi connectivity index (χ4v) is 7.99. The quantitative estimate of drug-likeness (QED) is 0.0261. The largest absolute Gasteiger partial charge is 0.462 e. The lowest BCUT2D eigenvalue weighted by atomic mass is 10.1. The SMILES string of the molecule is CC/C=C\C/C=C\C/C=C\C/C=C\C/C=C\C/C=C\C/C=C\CCCCCC(=O)OCC(COC(=O)CCCCCCC/C=C\CCCC)OC(=O)CCCCCCCC/C=C\C/C=C\C/C=C\C/C=C\C/C=C\C/C=C\CC. The molecule has 0 N–H and O–H groups in total. The van der Waals surface area contributed by atoms with E-state index in [1.165, 1.54) is 38.5 Å². The van der Waals surface area contributed by atoms with E-state index in [2.05, 4.69) is 191 Å². The van der Waals surface area contributed by atoms with E-state index in [9.17, 15) is 14.4 Å². The Balaban J connectivity index is 4.45. The van der Waals surface area contributed by atoms with Gasteiger partial charge in [-0.05, 0) is 148 Å². The van der Waals surface area contributed by atoms with Crippen LogP contribution < -0.4 is 0 Å². The number of allylic oxidation sites excluding steroid dienone is 28. The van der Waals surface area contributed by atoms with E-state index in [1.807, 2.05) is 0 Å². The number of hydrogen-bond donors (Lipinski definition) is 0. The molecule has 0 fully saturated rings. The average Bonchev–Trinajstić information content (AvgIpc) is 3.45. The number of unbranched alkanes of at least 4 members (excludes halogenated alkanes) is 16. The third-order valence-electron chi connectivity index (χ3n) is 12.7. The van der Waals surface area contributed by atoms with Crippen LogP contribution in [-0.2, 0) is 28.6 Å². The van der Waals surface area contributed by atoms with Crippen LogP contribution in [0, 0.1) is 0 Å². The van der Waals surface area contributed by atoms with Gasteiger partial charge in [-0.15, -0.1) is 0 Å². The molecule has 1 atom stereocenters. The summed E-state index contributed by atoms with van der Waals surface area (Å²) in [5, 5.41) is 0. The minimum Gasteiger partial charge on any atom is -0.462 e. The number of hydrogen-bond acceptors (Lipinski definition) is 6. The van der Waals surface area contributed by atoms with Crippen molar-refractivity contribution in [3.05, 3.63) is 170 Å². The van der Waals surface area contributed by atoms with E-state index >= 15 is 0 Å². The average molecular weight is 1090 g/mol. The summed E-state index contributed by atoms with van der Waals surface area (Å²) in [4.78, 5) is 38.3. The van der Waals surface area contributed by atoms with Crippen molar-refractivity contribution in [1.29, 1.82) is 0 Å². The molecule has 6 heteroatoms. The van der Waals surface area contributed by atoms with Gasteiger partial charge in [-0.2, -0.15) is 0 Å². The lowest BCUT2D eigenvalue weighted by Gasteiger charge is -2.18. The summed E-state index contributed by atoms with van der Waals surface area (Å²) < 4.78 is 16.8. The first-order valence-corrected chi connectivity index (χ1v) is 31.6. The summed E-state index contributed by atoms with van der Waals surface area (Å²) in [7, 11) is 0. The van der Waals surface area contributed by atoms with Crippen LogP contribution in [0.4, 0.5) is 0 Å². The van der Waals surface area contributed by atoms with Gasteiger partial charge in [0.05, 0.1) is 0 Å². The predicted octanol–water partition coefficient (Wildman–Crippen LogP) is 21.9. The standard InChI is InChI=1S/C73H114O6/c1-4-7-10-13-16-19-22-24-26-28-30-32-34-36-38-40-42-44-46-48-51-54-57-60-63-66-72(75)78-69-70(68-77-71(74)65-62-59-56-53-50-21-18-15-12-9-6-3)79-73(76)67-64-61-58-55-52-49-47-45-43-41-39-37-35-33-31-29-27-25-23-20-17-14-11-8-5-2/h7-8,10-11,15-20,24-27,30-33,36-39,42-45,48,51,70H,4-6,9,12-14,21-23,28-29,34-35,40-41,46-47,49-50,52-69H2,1-3H3/b10-7-,11-8-,18-15-,19-16-,20-17-,26-24-,27-25-,32-30-,33-31-,38-36-,39-37-,44-42-,45-43-,51-48-. The van der Waals surface area contributed by atoms with E-state index in [0.29, 0.717) is 19.3 Å². The molecule has 79 heavy (non-hydrogen) atoms. The van der Waals surface area contributed by atoms with Gasteiger partial charge in [-0.3, -0.25) is 14.4 Å². The van der Waals surface area contributed by atoms with Gasteiger partial charge < -0.3 is 14.2 Å². The van der Waals surface area contributed by atoms with Crippen molar-refractivity contribution in [2.75, 3.05) is 13.2 Å². The molecule has 0 spiro atoms. The molecule has 0 saturated carbocycles. The smallest absolute Gasteiger partial charge is 0.306 e. The number of esters is 3. The topological polar surface area (TPSA) is 78.9 Å². The Labute approximate surface area is 485 Å². The Kier molecular flexibility index (Phi) is 61.0. The van der Waals surface area contributed by atoms with Crippen LogP contribution in [0.5, 0.6) is 0 Å². The highest BCUT2D eigenvalue weighted by molar-refractivity contribution is 5.71. The van der Waals surface area contributed by atoms with E-state index < -0.39 is 6.10 Å². The monoisotopic (exact) mass is 1090 g/mol. The third kappa shape index (κ3) is 63.5. The molecular weight excluding hydrogens is 973 g/mol. The number of carbonyl (C=O) groups excluding carboxylic acids is 3. The highest BCUT2D eigenvalue weighted by atomic mass is 16.6. The van der Waals surface area contributed by atoms with Crippen molar-refractivity contribution in [2.24, 2.45) is 0 Å². The molecule has 0 rings (SSSR count). The Morgan fingerprint density at radius 2 is 0.494 bits per heavy atom. The van der Waals surface area contributed by atoms with Crippen LogP contribution in [-0.4, -0.2) is 37.2 Å². The normalized spacial score (nSPS) is 13.3. The fraction of sp³-hybridized carbons (Fsp3) is 0.575. The van der Waals surface area contributed by atoms with Crippen molar-refractivity contribution in [3.63, 3.8) is 0 Å². The number of carbonyl (C=O) groups is 3. The second-order valence-corrected chi connectivity index (χ2v) is 20.2. The molecule has 0 aliphatic heterocycles. The zero-order valence-electron chi connectivity index (χ0n) is 50.6. The minimum atomic E-state index is -0.814. The maximum Gasteiger partial charge on any atom is 0.306 e. The van der Waals surface area contributed by atoms with Gasteiger partial charge >= 0.3 is 17.9 Å². The molecule has 0 aliphatic carbocycles. The zero-order chi connectivity index (χ0) is 57.1. The van der Waals surface area contributed by atoms with Gasteiger partial charge in [0.2, 0.25) is 0 Å². The molecule has 6 nitrogen and oxygen atoms in total. The van der Waals surface area contributed by atoms with E-state index in [0.717, 1.165) is 173 Å². The second kappa shape index (κ2) is 65.3. The van der Waals surface area contributed by atoms with Crippen molar-refractivity contribution in [2.45, 2.75) is 258 Å². The number of rotatable bonds is 55. The maximum absolute atomic E-state index is 12.9. The summed E-state index contributed by atoms with van der Waals surface area (Å²) in [5.74, 6) is -0.972. The van der Waals surface area contributed by atoms with Crippen LogP contribution in [0.1, 0.15) is 252 Å². The zero-order valence-corrected chi connectivity index (χ0v) is 50.6. The highest BCUT2D eigenvalue weighted by Gasteiger charge is 2.19. The lowest BCUT2D eigenvalue weighted by molar-refractivity contribution is -0.167. The summed E-state index contributed by atoms with van der Waals surface area (Å²) in [6.07, 6.45) is 96.4. The molecule has 0 heterocycles. The van der Waals surface area contributed by atoms with Crippen LogP contribution in [0.25, 0.3) is 0 Å². The summed E-state index contributed by atoms with van der Waals surface area (Å²) in [6.45, 7) is 6.31. The van der Waals surface area contributed by atoms with Crippen LogP contribution in [0.3, 0.4) is 0 Å². The fourth-order valence-electron chi connectivity index (χ4n) is 7.99. The van der Waals surface area contributed by atoms with Crippen molar-refractivity contribution >= 4 is 17.9 Å².